The van der Waals surface area contributed by atoms with E-state index in [9.17, 15) is 5.11 Å². The average Bonchev–Trinajstić information content (AvgIpc) is 2.43. The lowest BCUT2D eigenvalue weighted by atomic mass is 10.1. The molecular weight excluding hydrogens is 274 g/mol. The van der Waals surface area contributed by atoms with Crippen LogP contribution in [0.4, 0.5) is 0 Å². The molecule has 4 heteroatoms. The smallest absolute Gasteiger partial charge is 0.0900 e. The second kappa shape index (κ2) is 9.35. The average molecular weight is 300 g/mol. The highest BCUT2D eigenvalue weighted by molar-refractivity contribution is 6.30. The molecule has 0 radical (unpaired) electrons. The largest absolute Gasteiger partial charge is 0.389 e. The van der Waals surface area contributed by atoms with Crippen molar-refractivity contribution >= 4 is 11.6 Å². The summed E-state index contributed by atoms with van der Waals surface area (Å²) in [7, 11) is 2.01. The number of ether oxygens (including phenoxy) is 1. The number of halogens is 1. The van der Waals surface area contributed by atoms with Crippen LogP contribution in [0.25, 0.3) is 0 Å². The minimum atomic E-state index is -0.452. The summed E-state index contributed by atoms with van der Waals surface area (Å²) in [5.74, 6) is 0. The van der Waals surface area contributed by atoms with Gasteiger partial charge in [-0.15, -0.1) is 0 Å². The Morgan fingerprint density at radius 2 is 1.95 bits per heavy atom. The Morgan fingerprint density at radius 3 is 2.55 bits per heavy atom. The van der Waals surface area contributed by atoms with Gasteiger partial charge >= 0.3 is 0 Å². The number of hydrogen-bond donors (Lipinski definition) is 1. The molecule has 0 saturated heterocycles. The normalized spacial score (nSPS) is 14.5. The summed E-state index contributed by atoms with van der Waals surface area (Å²) in [5, 5.41) is 10.7. The number of benzene rings is 1. The van der Waals surface area contributed by atoms with Gasteiger partial charge in [-0.25, -0.2) is 0 Å². The van der Waals surface area contributed by atoms with Gasteiger partial charge in [0, 0.05) is 24.2 Å². The van der Waals surface area contributed by atoms with E-state index in [0.717, 1.165) is 24.5 Å². The Labute approximate surface area is 127 Å². The molecule has 2 atom stereocenters. The fraction of sp³-hybridized carbons (Fsp3) is 0.625. The predicted octanol–water partition coefficient (Wildman–Crippen LogP) is 3.51. The maximum absolute atomic E-state index is 9.97. The minimum Gasteiger partial charge on any atom is -0.389 e. The van der Waals surface area contributed by atoms with E-state index in [4.69, 9.17) is 16.3 Å². The van der Waals surface area contributed by atoms with E-state index in [0.29, 0.717) is 13.2 Å². The van der Waals surface area contributed by atoms with E-state index in [-0.39, 0.29) is 6.04 Å². The van der Waals surface area contributed by atoms with Gasteiger partial charge in [0.15, 0.2) is 0 Å². The number of aliphatic hydroxyl groups is 1. The van der Waals surface area contributed by atoms with Crippen molar-refractivity contribution in [2.24, 2.45) is 0 Å². The molecule has 114 valence electrons. The Bertz CT molecular complexity index is 369. The van der Waals surface area contributed by atoms with Gasteiger partial charge in [0.25, 0.3) is 0 Å². The summed E-state index contributed by atoms with van der Waals surface area (Å²) in [6, 6.07) is 8.07. The van der Waals surface area contributed by atoms with Crippen LogP contribution in [-0.4, -0.2) is 42.9 Å². The second-order valence-electron chi connectivity index (χ2n) is 5.25. The van der Waals surface area contributed by atoms with Crippen LogP contribution in [0, 0.1) is 0 Å². The lowest BCUT2D eigenvalue weighted by Gasteiger charge is -2.27. The van der Waals surface area contributed by atoms with Crippen LogP contribution < -0.4 is 0 Å². The van der Waals surface area contributed by atoms with Gasteiger partial charge in [0.1, 0.15) is 0 Å². The van der Waals surface area contributed by atoms with E-state index in [1.54, 1.807) is 0 Å². The van der Waals surface area contributed by atoms with Gasteiger partial charge < -0.3 is 9.84 Å². The first-order valence-corrected chi connectivity index (χ1v) is 7.64. The standard InChI is InChI=1S/C16H26ClNO2/c1-4-5-10-20-12-16(19)11-18(3)13(2)14-6-8-15(17)9-7-14/h6-9,13,16,19H,4-5,10-12H2,1-3H3. The van der Waals surface area contributed by atoms with Crippen LogP contribution in [0.5, 0.6) is 0 Å². The maximum Gasteiger partial charge on any atom is 0.0900 e. The molecule has 3 nitrogen and oxygen atoms in total. The molecule has 0 fully saturated rings. The highest BCUT2D eigenvalue weighted by Crippen LogP contribution is 2.20. The Hall–Kier alpha value is -0.610. The number of rotatable bonds is 9. The summed E-state index contributed by atoms with van der Waals surface area (Å²) < 4.78 is 5.44. The third-order valence-corrected chi connectivity index (χ3v) is 3.72. The molecule has 0 saturated carbocycles. The third-order valence-electron chi connectivity index (χ3n) is 3.46. The van der Waals surface area contributed by atoms with Gasteiger partial charge in [-0.3, -0.25) is 4.90 Å². The van der Waals surface area contributed by atoms with E-state index in [2.05, 4.69) is 18.7 Å². The van der Waals surface area contributed by atoms with Gasteiger partial charge in [-0.1, -0.05) is 37.1 Å². The summed E-state index contributed by atoms with van der Waals surface area (Å²) in [5.41, 5.74) is 1.19. The fourth-order valence-electron chi connectivity index (χ4n) is 2.00. The van der Waals surface area contributed by atoms with Crippen LogP contribution >= 0.6 is 11.6 Å². The zero-order valence-electron chi connectivity index (χ0n) is 12.7. The molecule has 0 aromatic heterocycles. The molecule has 0 aliphatic rings. The summed E-state index contributed by atoms with van der Waals surface area (Å²) in [6.45, 7) is 5.97. The van der Waals surface area contributed by atoms with Gasteiger partial charge in [-0.05, 0) is 38.1 Å². The minimum absolute atomic E-state index is 0.234. The van der Waals surface area contributed by atoms with E-state index < -0.39 is 6.10 Å². The number of unbranched alkanes of at least 4 members (excludes halogenated alkanes) is 1. The van der Waals surface area contributed by atoms with Crippen molar-refractivity contribution < 1.29 is 9.84 Å². The Balaban J connectivity index is 2.37. The molecule has 0 aliphatic carbocycles. The van der Waals surface area contributed by atoms with Crippen LogP contribution in [-0.2, 0) is 4.74 Å². The molecule has 1 aromatic rings. The molecular formula is C16H26ClNO2. The Morgan fingerprint density at radius 1 is 1.30 bits per heavy atom. The molecule has 20 heavy (non-hydrogen) atoms. The van der Waals surface area contributed by atoms with Crippen molar-refractivity contribution in [1.29, 1.82) is 0 Å². The zero-order valence-corrected chi connectivity index (χ0v) is 13.4. The molecule has 1 rings (SSSR count). The monoisotopic (exact) mass is 299 g/mol. The highest BCUT2D eigenvalue weighted by atomic mass is 35.5. The first kappa shape index (κ1) is 17.4. The molecule has 0 spiro atoms. The molecule has 2 unspecified atom stereocenters. The SMILES string of the molecule is CCCCOCC(O)CN(C)C(C)c1ccc(Cl)cc1. The summed E-state index contributed by atoms with van der Waals surface area (Å²) in [6.07, 6.45) is 1.71. The van der Waals surface area contributed by atoms with Crippen LogP contribution in [0.1, 0.15) is 38.3 Å². The molecule has 1 N–H and O–H groups in total. The number of likely N-dealkylation sites (N-methyl/N-ethyl adjacent to an activating group) is 1. The van der Waals surface area contributed by atoms with E-state index in [1.807, 2.05) is 31.3 Å². The summed E-state index contributed by atoms with van der Waals surface area (Å²) in [4.78, 5) is 2.12. The van der Waals surface area contributed by atoms with Gasteiger partial charge in [0.05, 0.1) is 12.7 Å². The molecule has 1 aromatic carbocycles. The van der Waals surface area contributed by atoms with Gasteiger partial charge in [0.2, 0.25) is 0 Å². The molecule has 0 aliphatic heterocycles. The third kappa shape index (κ3) is 6.23. The van der Waals surface area contributed by atoms with Crippen LogP contribution in [0.15, 0.2) is 24.3 Å². The zero-order chi connectivity index (χ0) is 15.0. The number of aliphatic hydroxyl groups excluding tert-OH is 1. The first-order valence-electron chi connectivity index (χ1n) is 7.26. The van der Waals surface area contributed by atoms with Crippen molar-refractivity contribution in [3.05, 3.63) is 34.9 Å². The lowest BCUT2D eigenvalue weighted by Crippen LogP contribution is -2.34. The Kier molecular flexibility index (Phi) is 8.15. The van der Waals surface area contributed by atoms with Crippen molar-refractivity contribution in [3.63, 3.8) is 0 Å². The van der Waals surface area contributed by atoms with Crippen molar-refractivity contribution in [2.45, 2.75) is 38.8 Å². The fourth-order valence-corrected chi connectivity index (χ4v) is 2.13. The van der Waals surface area contributed by atoms with Gasteiger partial charge in [-0.2, -0.15) is 0 Å². The maximum atomic E-state index is 9.97. The second-order valence-corrected chi connectivity index (χ2v) is 5.69. The van der Waals surface area contributed by atoms with Crippen LogP contribution in [0.2, 0.25) is 5.02 Å². The quantitative estimate of drug-likeness (QED) is 0.708. The molecule has 0 amide bonds. The topological polar surface area (TPSA) is 32.7 Å². The first-order chi connectivity index (χ1) is 9.54. The molecule has 0 heterocycles. The highest BCUT2D eigenvalue weighted by Gasteiger charge is 2.15. The van der Waals surface area contributed by atoms with Crippen molar-refractivity contribution in [2.75, 3.05) is 26.8 Å². The van der Waals surface area contributed by atoms with Crippen molar-refractivity contribution in [3.8, 4) is 0 Å². The number of nitrogens with zero attached hydrogens (tertiary/aromatic N) is 1. The van der Waals surface area contributed by atoms with E-state index >= 15 is 0 Å². The van der Waals surface area contributed by atoms with E-state index in [1.165, 1.54) is 5.56 Å². The number of hydrogen-bond acceptors (Lipinski definition) is 3. The summed E-state index contributed by atoms with van der Waals surface area (Å²) >= 11 is 5.89. The predicted molar refractivity (Wildman–Crippen MR) is 84.2 cm³/mol. The molecule has 0 bridgehead atoms. The van der Waals surface area contributed by atoms with Crippen LogP contribution in [0.3, 0.4) is 0 Å². The van der Waals surface area contributed by atoms with Crippen molar-refractivity contribution in [1.82, 2.24) is 4.90 Å². The lowest BCUT2D eigenvalue weighted by molar-refractivity contribution is 0.0143.